The monoisotopic (exact) mass is 423 g/mol. The molecule has 31 heavy (non-hydrogen) atoms. The first kappa shape index (κ1) is 22.5. The van der Waals surface area contributed by atoms with Crippen molar-refractivity contribution in [2.24, 2.45) is 0 Å². The number of amides is 2. The Bertz CT molecular complexity index is 965. The molecule has 2 aromatic rings. The Labute approximate surface area is 183 Å². The number of ether oxygens (including phenoxy) is 1. The zero-order chi connectivity index (χ0) is 22.4. The highest BCUT2D eigenvalue weighted by molar-refractivity contribution is 5.96. The van der Waals surface area contributed by atoms with Crippen LogP contribution >= 0.6 is 0 Å². The molecule has 0 spiro atoms. The Morgan fingerprint density at radius 2 is 1.68 bits per heavy atom. The van der Waals surface area contributed by atoms with Crippen molar-refractivity contribution in [1.29, 1.82) is 0 Å². The Morgan fingerprint density at radius 1 is 0.968 bits per heavy atom. The number of rotatable bonds is 6. The summed E-state index contributed by atoms with van der Waals surface area (Å²) in [5.41, 5.74) is 4.04. The van der Waals surface area contributed by atoms with E-state index in [-0.39, 0.29) is 18.4 Å². The van der Waals surface area contributed by atoms with E-state index in [0.29, 0.717) is 43.9 Å². The molecule has 0 unspecified atom stereocenters. The maximum Gasteiger partial charge on any atom is 0.337 e. The van der Waals surface area contributed by atoms with E-state index < -0.39 is 5.97 Å². The number of carbonyl (C=O) groups excluding carboxylic acids is 3. The number of hydrogen-bond donors (Lipinski definition) is 1. The lowest BCUT2D eigenvalue weighted by atomic mass is 10.1. The van der Waals surface area contributed by atoms with E-state index in [4.69, 9.17) is 4.74 Å². The summed E-state index contributed by atoms with van der Waals surface area (Å²) in [6.45, 7) is 6.63. The van der Waals surface area contributed by atoms with Crippen molar-refractivity contribution in [1.82, 2.24) is 9.80 Å². The minimum Gasteiger partial charge on any atom is -0.465 e. The van der Waals surface area contributed by atoms with Crippen molar-refractivity contribution in [2.75, 3.05) is 45.2 Å². The van der Waals surface area contributed by atoms with Gasteiger partial charge < -0.3 is 15.0 Å². The maximum absolute atomic E-state index is 12.6. The second-order valence-electron chi connectivity index (χ2n) is 7.83. The minimum atomic E-state index is -0.443. The average molecular weight is 424 g/mol. The van der Waals surface area contributed by atoms with Gasteiger partial charge in [-0.25, -0.2) is 4.79 Å². The number of nitrogens with zero attached hydrogens (tertiary/aromatic N) is 2. The number of anilines is 1. The largest absolute Gasteiger partial charge is 0.465 e. The van der Waals surface area contributed by atoms with E-state index in [1.54, 1.807) is 18.2 Å². The van der Waals surface area contributed by atoms with Crippen LogP contribution in [0.4, 0.5) is 5.69 Å². The fourth-order valence-electron chi connectivity index (χ4n) is 3.63. The van der Waals surface area contributed by atoms with Gasteiger partial charge in [-0.2, -0.15) is 0 Å². The van der Waals surface area contributed by atoms with Crippen molar-refractivity contribution in [2.45, 2.75) is 20.3 Å². The summed E-state index contributed by atoms with van der Waals surface area (Å²) in [7, 11) is 1.33. The smallest absolute Gasteiger partial charge is 0.337 e. The molecule has 0 atom stereocenters. The quantitative estimate of drug-likeness (QED) is 0.722. The highest BCUT2D eigenvalue weighted by atomic mass is 16.5. The first-order valence-electron chi connectivity index (χ1n) is 10.4. The highest BCUT2D eigenvalue weighted by Crippen LogP contribution is 2.18. The number of methoxy groups -OCH3 is 1. The summed E-state index contributed by atoms with van der Waals surface area (Å²) in [5.74, 6) is -0.472. The molecule has 1 N–H and O–H groups in total. The molecule has 0 aliphatic carbocycles. The second kappa shape index (κ2) is 10.2. The molecule has 1 fully saturated rings. The zero-order valence-electron chi connectivity index (χ0n) is 18.3. The normalized spacial score (nSPS) is 14.2. The molecule has 0 saturated carbocycles. The fourth-order valence-corrected chi connectivity index (χ4v) is 3.63. The number of carbonyl (C=O) groups is 3. The molecule has 2 aromatic carbocycles. The predicted molar refractivity (Wildman–Crippen MR) is 119 cm³/mol. The first-order valence-corrected chi connectivity index (χ1v) is 10.4. The molecule has 2 amide bonds. The van der Waals surface area contributed by atoms with Crippen LogP contribution in [0.2, 0.25) is 0 Å². The molecule has 7 heteroatoms. The lowest BCUT2D eigenvalue weighted by Crippen LogP contribution is -2.50. The Kier molecular flexibility index (Phi) is 7.41. The van der Waals surface area contributed by atoms with Gasteiger partial charge in [0.2, 0.25) is 11.8 Å². The molecule has 164 valence electrons. The van der Waals surface area contributed by atoms with Gasteiger partial charge in [0, 0.05) is 31.9 Å². The van der Waals surface area contributed by atoms with Crippen molar-refractivity contribution in [3.05, 3.63) is 64.7 Å². The standard InChI is InChI=1S/C24H29N3O4/c1-17-6-4-5-7-19(17)15-23(29)27-12-10-26(11-13-27)16-22(28)25-21-14-20(24(30)31-3)9-8-18(21)2/h4-9,14H,10-13,15-16H2,1-3H3,(H,25,28). The van der Waals surface area contributed by atoms with Gasteiger partial charge >= 0.3 is 5.97 Å². The molecular weight excluding hydrogens is 394 g/mol. The van der Waals surface area contributed by atoms with Crippen molar-refractivity contribution < 1.29 is 19.1 Å². The van der Waals surface area contributed by atoms with Gasteiger partial charge in [-0.3, -0.25) is 14.5 Å². The third kappa shape index (κ3) is 5.92. The number of aryl methyl sites for hydroxylation is 2. The first-order chi connectivity index (χ1) is 14.9. The fraction of sp³-hybridized carbons (Fsp3) is 0.375. The number of esters is 1. The molecular formula is C24H29N3O4. The average Bonchev–Trinajstić information content (AvgIpc) is 2.76. The van der Waals surface area contributed by atoms with Crippen molar-refractivity contribution >= 4 is 23.5 Å². The summed E-state index contributed by atoms with van der Waals surface area (Å²) in [4.78, 5) is 40.8. The number of piperazine rings is 1. The maximum atomic E-state index is 12.6. The second-order valence-corrected chi connectivity index (χ2v) is 7.83. The van der Waals surface area contributed by atoms with Crippen LogP contribution in [0.3, 0.4) is 0 Å². The molecule has 7 nitrogen and oxygen atoms in total. The van der Waals surface area contributed by atoms with Gasteiger partial charge in [0.15, 0.2) is 0 Å². The summed E-state index contributed by atoms with van der Waals surface area (Å²) in [6.07, 6.45) is 0.406. The number of hydrogen-bond acceptors (Lipinski definition) is 5. The minimum absolute atomic E-state index is 0.119. The van der Waals surface area contributed by atoms with E-state index in [1.807, 2.05) is 47.9 Å². The third-order valence-corrected chi connectivity index (χ3v) is 5.63. The SMILES string of the molecule is COC(=O)c1ccc(C)c(NC(=O)CN2CCN(C(=O)Cc3ccccc3C)CC2)c1. The van der Waals surface area contributed by atoms with Crippen molar-refractivity contribution in [3.63, 3.8) is 0 Å². The lowest BCUT2D eigenvalue weighted by Gasteiger charge is -2.34. The van der Waals surface area contributed by atoms with Gasteiger partial charge in [0.05, 0.1) is 25.6 Å². The van der Waals surface area contributed by atoms with Crippen LogP contribution in [0, 0.1) is 13.8 Å². The van der Waals surface area contributed by atoms with Crippen molar-refractivity contribution in [3.8, 4) is 0 Å². The van der Waals surface area contributed by atoms with Crippen LogP contribution in [0.5, 0.6) is 0 Å². The molecule has 0 bridgehead atoms. The van der Waals surface area contributed by atoms with Gasteiger partial charge in [-0.1, -0.05) is 30.3 Å². The van der Waals surface area contributed by atoms with Crippen LogP contribution in [-0.4, -0.2) is 67.4 Å². The van der Waals surface area contributed by atoms with Crippen LogP contribution < -0.4 is 5.32 Å². The molecule has 0 aromatic heterocycles. The van der Waals surface area contributed by atoms with Gasteiger partial charge in [0.1, 0.15) is 0 Å². The Morgan fingerprint density at radius 3 is 2.35 bits per heavy atom. The van der Waals surface area contributed by atoms with E-state index >= 15 is 0 Å². The Hall–Kier alpha value is -3.19. The van der Waals surface area contributed by atoms with Crippen LogP contribution in [0.25, 0.3) is 0 Å². The highest BCUT2D eigenvalue weighted by Gasteiger charge is 2.23. The summed E-state index contributed by atoms with van der Waals surface area (Å²) < 4.78 is 4.74. The van der Waals surface area contributed by atoms with E-state index in [1.165, 1.54) is 7.11 Å². The molecule has 1 aliphatic rings. The molecule has 0 radical (unpaired) electrons. The topological polar surface area (TPSA) is 79.0 Å². The Balaban J connectivity index is 1.50. The van der Waals surface area contributed by atoms with E-state index in [0.717, 1.165) is 16.7 Å². The number of benzene rings is 2. The van der Waals surface area contributed by atoms with Gasteiger partial charge in [-0.15, -0.1) is 0 Å². The van der Waals surface area contributed by atoms with E-state index in [2.05, 4.69) is 5.32 Å². The molecule has 1 aliphatic heterocycles. The van der Waals surface area contributed by atoms with Crippen LogP contribution in [0.15, 0.2) is 42.5 Å². The predicted octanol–water partition coefficient (Wildman–Crippen LogP) is 2.42. The van der Waals surface area contributed by atoms with Crippen LogP contribution in [-0.2, 0) is 20.7 Å². The van der Waals surface area contributed by atoms with E-state index in [9.17, 15) is 14.4 Å². The molecule has 3 rings (SSSR count). The van der Waals surface area contributed by atoms with Gasteiger partial charge in [0.25, 0.3) is 0 Å². The summed E-state index contributed by atoms with van der Waals surface area (Å²) >= 11 is 0. The van der Waals surface area contributed by atoms with Gasteiger partial charge in [-0.05, 0) is 42.7 Å². The lowest BCUT2D eigenvalue weighted by molar-refractivity contribution is -0.132. The van der Waals surface area contributed by atoms with Crippen LogP contribution in [0.1, 0.15) is 27.0 Å². The number of nitrogens with one attached hydrogen (secondary N) is 1. The molecule has 1 saturated heterocycles. The summed E-state index contributed by atoms with van der Waals surface area (Å²) in [5, 5.41) is 2.88. The summed E-state index contributed by atoms with van der Waals surface area (Å²) in [6, 6.07) is 13.0. The zero-order valence-corrected chi connectivity index (χ0v) is 18.3. The molecule has 1 heterocycles. The third-order valence-electron chi connectivity index (χ3n) is 5.63.